The van der Waals surface area contributed by atoms with E-state index in [0.29, 0.717) is 24.1 Å². The summed E-state index contributed by atoms with van der Waals surface area (Å²) in [6.45, 7) is 5.30. The molecule has 8 nitrogen and oxygen atoms in total. The summed E-state index contributed by atoms with van der Waals surface area (Å²) in [5.41, 5.74) is 0. The molecule has 0 fully saturated rings. The Morgan fingerprint density at radius 2 is 1.09 bits per heavy atom. The number of carbonyl (C=O) groups excluding carboxylic acids is 1. The zero-order valence-corrected chi connectivity index (χ0v) is 36.1. The van der Waals surface area contributed by atoms with Crippen molar-refractivity contribution in [1.29, 1.82) is 0 Å². The number of phosphoric acid groups is 1. The number of quaternary nitrogens is 1. The van der Waals surface area contributed by atoms with Crippen LogP contribution in [0, 0.1) is 0 Å². The number of carbonyl (C=O) groups is 1. The van der Waals surface area contributed by atoms with Gasteiger partial charge in [0, 0.05) is 13.0 Å². The van der Waals surface area contributed by atoms with Gasteiger partial charge in [0.1, 0.15) is 19.3 Å². The smallest absolute Gasteiger partial charge is 0.306 e. The van der Waals surface area contributed by atoms with E-state index in [1.165, 1.54) is 103 Å². The first-order valence-electron chi connectivity index (χ1n) is 21.7. The lowest BCUT2D eigenvalue weighted by Gasteiger charge is -2.28. The first-order chi connectivity index (χ1) is 25.6. The summed E-state index contributed by atoms with van der Waals surface area (Å²) in [7, 11) is 1.35. The van der Waals surface area contributed by atoms with E-state index in [1.54, 1.807) is 0 Å². The molecule has 0 aromatic rings. The number of nitrogens with zero attached hydrogens (tertiary/aromatic N) is 1. The third-order valence-corrected chi connectivity index (χ3v) is 10.2. The van der Waals surface area contributed by atoms with Crippen LogP contribution in [-0.4, -0.2) is 70.7 Å². The normalized spacial score (nSPS) is 14.2. The van der Waals surface area contributed by atoms with Gasteiger partial charge in [0.25, 0.3) is 7.82 Å². The number of unbranched alkanes of at least 4 members (excludes halogenated alkanes) is 20. The molecule has 2 atom stereocenters. The lowest BCUT2D eigenvalue weighted by atomic mass is 10.0. The van der Waals surface area contributed by atoms with Gasteiger partial charge < -0.3 is 27.9 Å². The summed E-state index contributed by atoms with van der Waals surface area (Å²) in [5, 5.41) is 0. The van der Waals surface area contributed by atoms with Gasteiger partial charge in [-0.2, -0.15) is 0 Å². The highest BCUT2D eigenvalue weighted by Gasteiger charge is 2.20. The van der Waals surface area contributed by atoms with Crippen LogP contribution in [0.3, 0.4) is 0 Å². The SMILES string of the molecule is CC/C=C\C/C=C\C/C=C\CCCCCCCCCC(=O)OC(COCCCCCCCCCCCCCCCC)COP(=O)([O-])OCC[N+](C)(C)C. The summed E-state index contributed by atoms with van der Waals surface area (Å²) < 4.78 is 34.6. The molecule has 0 aliphatic rings. The third-order valence-electron chi connectivity index (χ3n) is 9.21. The summed E-state index contributed by atoms with van der Waals surface area (Å²) in [4.78, 5) is 25.0. The van der Waals surface area contributed by atoms with E-state index >= 15 is 0 Å². The highest BCUT2D eigenvalue weighted by atomic mass is 31.2. The number of ether oxygens (including phenoxy) is 2. The van der Waals surface area contributed by atoms with Crippen LogP contribution in [-0.2, 0) is 27.9 Å². The Hall–Kier alpha value is -1.28. The number of phosphoric ester groups is 1. The van der Waals surface area contributed by atoms with Gasteiger partial charge >= 0.3 is 5.97 Å². The van der Waals surface area contributed by atoms with E-state index in [0.717, 1.165) is 57.8 Å². The average Bonchev–Trinajstić information content (AvgIpc) is 3.11. The minimum atomic E-state index is -4.52. The van der Waals surface area contributed by atoms with Crippen LogP contribution in [0.25, 0.3) is 0 Å². The van der Waals surface area contributed by atoms with Crippen molar-refractivity contribution in [2.24, 2.45) is 0 Å². The number of esters is 1. The van der Waals surface area contributed by atoms with Crippen molar-refractivity contribution in [3.8, 4) is 0 Å². The quantitative estimate of drug-likeness (QED) is 0.0201. The topological polar surface area (TPSA) is 94.1 Å². The molecule has 0 aliphatic carbocycles. The summed E-state index contributed by atoms with van der Waals surface area (Å²) in [5.74, 6) is -0.343. The van der Waals surface area contributed by atoms with E-state index in [-0.39, 0.29) is 25.8 Å². The van der Waals surface area contributed by atoms with Crippen molar-refractivity contribution >= 4 is 13.8 Å². The van der Waals surface area contributed by atoms with Crippen LogP contribution in [0.1, 0.15) is 181 Å². The minimum Gasteiger partial charge on any atom is -0.756 e. The average molecular weight is 770 g/mol. The number of hydrogen-bond donors (Lipinski definition) is 0. The molecule has 0 saturated heterocycles. The molecule has 0 saturated carbocycles. The summed E-state index contributed by atoms with van der Waals surface area (Å²) in [6.07, 6.45) is 42.9. The lowest BCUT2D eigenvalue weighted by molar-refractivity contribution is -0.870. The van der Waals surface area contributed by atoms with E-state index in [1.807, 2.05) is 21.1 Å². The van der Waals surface area contributed by atoms with Crippen LogP contribution in [0.15, 0.2) is 36.5 Å². The molecular formula is C44H84NO7P. The highest BCUT2D eigenvalue weighted by Crippen LogP contribution is 2.38. The van der Waals surface area contributed by atoms with E-state index in [2.05, 4.69) is 50.3 Å². The fourth-order valence-electron chi connectivity index (χ4n) is 5.85. The predicted octanol–water partition coefficient (Wildman–Crippen LogP) is 12.0. The molecule has 2 unspecified atom stereocenters. The van der Waals surface area contributed by atoms with Crippen molar-refractivity contribution in [1.82, 2.24) is 0 Å². The number of allylic oxidation sites excluding steroid dienone is 6. The predicted molar refractivity (Wildman–Crippen MR) is 222 cm³/mol. The van der Waals surface area contributed by atoms with Gasteiger partial charge in [-0.3, -0.25) is 9.36 Å². The Morgan fingerprint density at radius 3 is 1.64 bits per heavy atom. The lowest BCUT2D eigenvalue weighted by Crippen LogP contribution is -2.37. The maximum absolute atomic E-state index is 12.7. The van der Waals surface area contributed by atoms with Crippen LogP contribution in [0.2, 0.25) is 0 Å². The highest BCUT2D eigenvalue weighted by molar-refractivity contribution is 7.45. The summed E-state index contributed by atoms with van der Waals surface area (Å²) in [6, 6.07) is 0. The molecule has 0 radical (unpaired) electrons. The summed E-state index contributed by atoms with van der Waals surface area (Å²) >= 11 is 0. The van der Waals surface area contributed by atoms with Crippen molar-refractivity contribution in [3.63, 3.8) is 0 Å². The first-order valence-corrected chi connectivity index (χ1v) is 23.2. The van der Waals surface area contributed by atoms with Crippen LogP contribution >= 0.6 is 7.82 Å². The van der Waals surface area contributed by atoms with Crippen LogP contribution in [0.4, 0.5) is 0 Å². The molecule has 0 aliphatic heterocycles. The molecule has 312 valence electrons. The van der Waals surface area contributed by atoms with Crippen molar-refractivity contribution in [2.45, 2.75) is 187 Å². The number of rotatable bonds is 40. The number of hydrogen-bond acceptors (Lipinski definition) is 7. The van der Waals surface area contributed by atoms with Gasteiger partial charge in [-0.05, 0) is 44.9 Å². The second kappa shape index (κ2) is 37.6. The molecule has 0 spiro atoms. The van der Waals surface area contributed by atoms with Gasteiger partial charge in [-0.15, -0.1) is 0 Å². The Labute approximate surface area is 327 Å². The fraction of sp³-hybridized carbons (Fsp3) is 0.841. The fourth-order valence-corrected chi connectivity index (χ4v) is 6.58. The minimum absolute atomic E-state index is 0.0247. The molecule has 0 amide bonds. The van der Waals surface area contributed by atoms with Gasteiger partial charge in [0.05, 0.1) is 34.4 Å². The standard InChI is InChI=1S/C44H84NO7P/c1-6-8-10-12-14-16-18-20-22-23-24-25-27-29-31-33-35-37-44(46)52-43(42-51-53(47,48)50-40-38-45(3,4)5)41-49-39-36-34-32-30-28-26-21-19-17-15-13-11-9-7-2/h8,10,14,16,20,22,43H,6-7,9,11-13,15,17-19,21,23-42H2,1-5H3/b10-8-,16-14-,22-20-. The van der Waals surface area contributed by atoms with Crippen molar-refractivity contribution in [2.75, 3.05) is 54.1 Å². The van der Waals surface area contributed by atoms with E-state index in [4.69, 9.17) is 18.5 Å². The van der Waals surface area contributed by atoms with Gasteiger partial charge in [0.2, 0.25) is 0 Å². The van der Waals surface area contributed by atoms with Crippen molar-refractivity contribution < 1.29 is 37.3 Å². The van der Waals surface area contributed by atoms with E-state index in [9.17, 15) is 14.3 Å². The van der Waals surface area contributed by atoms with Gasteiger partial charge in [0.15, 0.2) is 0 Å². The Kier molecular flexibility index (Phi) is 36.7. The van der Waals surface area contributed by atoms with Gasteiger partial charge in [-0.25, -0.2) is 0 Å². The molecule has 9 heteroatoms. The largest absolute Gasteiger partial charge is 0.756 e. The van der Waals surface area contributed by atoms with Crippen LogP contribution in [0.5, 0.6) is 0 Å². The van der Waals surface area contributed by atoms with Gasteiger partial charge in [-0.1, -0.05) is 166 Å². The first kappa shape index (κ1) is 51.7. The second-order valence-electron chi connectivity index (χ2n) is 15.7. The third kappa shape index (κ3) is 41.7. The van der Waals surface area contributed by atoms with Crippen molar-refractivity contribution in [3.05, 3.63) is 36.5 Å². The molecule has 0 aromatic carbocycles. The molecule has 0 aromatic heterocycles. The van der Waals surface area contributed by atoms with E-state index < -0.39 is 13.9 Å². The monoisotopic (exact) mass is 770 g/mol. The maximum atomic E-state index is 12.7. The van der Waals surface area contributed by atoms with Crippen LogP contribution < -0.4 is 4.89 Å². The maximum Gasteiger partial charge on any atom is 0.306 e. The molecule has 0 heterocycles. The molecule has 53 heavy (non-hydrogen) atoms. The molecule has 0 rings (SSSR count). The Balaban J connectivity index is 4.24. The Morgan fingerprint density at radius 1 is 0.604 bits per heavy atom. The molecule has 0 bridgehead atoms. The molecular weight excluding hydrogens is 685 g/mol. The molecule has 0 N–H and O–H groups in total. The Bertz CT molecular complexity index is 947. The second-order valence-corrected chi connectivity index (χ2v) is 17.1. The zero-order valence-electron chi connectivity index (χ0n) is 35.2. The number of likely N-dealkylation sites (N-methyl/N-ethyl adjacent to an activating group) is 1. The zero-order chi connectivity index (χ0) is 39.1.